The Morgan fingerprint density at radius 2 is 2.11 bits per heavy atom. The summed E-state index contributed by atoms with van der Waals surface area (Å²) in [6.45, 7) is 5.73. The second-order valence-electron chi connectivity index (χ2n) is 4.90. The topological polar surface area (TPSA) is 37.6 Å². The molecule has 0 aliphatic carbocycles. The fourth-order valence-corrected chi connectivity index (χ4v) is 2.41. The molecule has 4 heteroatoms. The summed E-state index contributed by atoms with van der Waals surface area (Å²) in [6.07, 6.45) is 1.75. The maximum atomic E-state index is 11.8. The molecule has 0 aliphatic heterocycles. The Balaban J connectivity index is 2.81. The average molecular weight is 245 g/mol. The maximum absolute atomic E-state index is 11.8. The summed E-state index contributed by atoms with van der Waals surface area (Å²) < 4.78 is 1.89. The Morgan fingerprint density at radius 3 is 2.67 bits per heavy atom. The summed E-state index contributed by atoms with van der Waals surface area (Å²) in [5, 5.41) is 4.39. The Hall–Kier alpha value is -1.68. The Labute approximate surface area is 107 Å². The molecule has 2 aromatic rings. The minimum Gasteiger partial charge on any atom is -0.301 e. The number of ketones is 1. The van der Waals surface area contributed by atoms with Gasteiger partial charge in [0, 0.05) is 17.8 Å². The van der Waals surface area contributed by atoms with E-state index in [0.717, 1.165) is 22.3 Å². The fourth-order valence-electron chi connectivity index (χ4n) is 2.41. The smallest absolute Gasteiger partial charge is 0.162 e. The van der Waals surface area contributed by atoms with E-state index in [1.165, 1.54) is 0 Å². The molecule has 0 bridgehead atoms. The highest BCUT2D eigenvalue weighted by Gasteiger charge is 2.23. The summed E-state index contributed by atoms with van der Waals surface area (Å²) in [6, 6.07) is 4.02. The first-order valence-electron chi connectivity index (χ1n) is 6.08. The third-order valence-electron chi connectivity index (χ3n) is 3.52. The third kappa shape index (κ3) is 1.82. The number of carbonyl (C=O) groups excluding carboxylic acids is 1. The van der Waals surface area contributed by atoms with Gasteiger partial charge in [0.05, 0.1) is 11.2 Å². The van der Waals surface area contributed by atoms with Gasteiger partial charge in [-0.2, -0.15) is 5.10 Å². The molecule has 0 N–H and O–H groups in total. The van der Waals surface area contributed by atoms with E-state index in [-0.39, 0.29) is 11.8 Å². The monoisotopic (exact) mass is 245 g/mol. The van der Waals surface area contributed by atoms with Gasteiger partial charge in [0.15, 0.2) is 5.78 Å². The molecular formula is C14H19N3O. The molecule has 1 atom stereocenters. The number of carbonyl (C=O) groups is 1. The molecule has 4 nitrogen and oxygen atoms in total. The highest BCUT2D eigenvalue weighted by atomic mass is 16.1. The van der Waals surface area contributed by atoms with Crippen molar-refractivity contribution in [2.75, 3.05) is 14.1 Å². The van der Waals surface area contributed by atoms with E-state index in [1.54, 1.807) is 13.1 Å². The van der Waals surface area contributed by atoms with E-state index in [2.05, 4.69) is 16.9 Å². The van der Waals surface area contributed by atoms with E-state index in [9.17, 15) is 4.79 Å². The van der Waals surface area contributed by atoms with Crippen molar-refractivity contribution >= 4 is 11.3 Å². The van der Waals surface area contributed by atoms with Crippen LogP contribution in [0.5, 0.6) is 0 Å². The lowest BCUT2D eigenvalue weighted by Gasteiger charge is -2.20. The van der Waals surface area contributed by atoms with Gasteiger partial charge in [-0.1, -0.05) is 0 Å². The molecule has 0 radical (unpaired) electrons. The van der Waals surface area contributed by atoms with Crippen molar-refractivity contribution in [2.24, 2.45) is 0 Å². The van der Waals surface area contributed by atoms with Crippen LogP contribution in [0.25, 0.3) is 5.52 Å². The predicted molar refractivity (Wildman–Crippen MR) is 72.0 cm³/mol. The molecule has 0 aromatic carbocycles. The summed E-state index contributed by atoms with van der Waals surface area (Å²) in [7, 11) is 4.06. The second-order valence-corrected chi connectivity index (χ2v) is 4.90. The molecule has 0 saturated heterocycles. The molecule has 96 valence electrons. The lowest BCUT2D eigenvalue weighted by molar-refractivity contribution is 0.101. The van der Waals surface area contributed by atoms with Crippen LogP contribution in [-0.4, -0.2) is 34.4 Å². The zero-order valence-corrected chi connectivity index (χ0v) is 11.6. The van der Waals surface area contributed by atoms with Crippen LogP contribution >= 0.6 is 0 Å². The van der Waals surface area contributed by atoms with Gasteiger partial charge in [-0.3, -0.25) is 4.79 Å². The summed E-state index contributed by atoms with van der Waals surface area (Å²) in [5.74, 6) is 0.0928. The molecule has 0 amide bonds. The summed E-state index contributed by atoms with van der Waals surface area (Å²) >= 11 is 0. The van der Waals surface area contributed by atoms with Crippen molar-refractivity contribution in [3.63, 3.8) is 0 Å². The first kappa shape index (κ1) is 12.8. The van der Waals surface area contributed by atoms with Gasteiger partial charge in [-0.15, -0.1) is 0 Å². The Morgan fingerprint density at radius 1 is 1.44 bits per heavy atom. The van der Waals surface area contributed by atoms with Crippen molar-refractivity contribution in [3.8, 4) is 0 Å². The van der Waals surface area contributed by atoms with Gasteiger partial charge in [0.1, 0.15) is 0 Å². The molecule has 1 unspecified atom stereocenters. The molecular weight excluding hydrogens is 226 g/mol. The van der Waals surface area contributed by atoms with Crippen molar-refractivity contribution in [3.05, 3.63) is 35.2 Å². The normalized spacial score (nSPS) is 13.2. The lowest BCUT2D eigenvalue weighted by Crippen LogP contribution is -2.19. The van der Waals surface area contributed by atoms with Crippen molar-refractivity contribution in [2.45, 2.75) is 26.8 Å². The first-order chi connectivity index (χ1) is 8.45. The fraction of sp³-hybridized carbons (Fsp3) is 0.429. The summed E-state index contributed by atoms with van der Waals surface area (Å²) in [5.41, 5.74) is 3.79. The molecule has 2 rings (SSSR count). The molecule has 0 aliphatic rings. The van der Waals surface area contributed by atoms with Crippen molar-refractivity contribution in [1.82, 2.24) is 14.5 Å². The van der Waals surface area contributed by atoms with Gasteiger partial charge in [0.25, 0.3) is 0 Å². The van der Waals surface area contributed by atoms with E-state index >= 15 is 0 Å². The number of hydrogen-bond acceptors (Lipinski definition) is 3. The number of rotatable bonds is 3. The van der Waals surface area contributed by atoms with Gasteiger partial charge < -0.3 is 4.90 Å². The number of hydrogen-bond donors (Lipinski definition) is 0. The van der Waals surface area contributed by atoms with Crippen LogP contribution in [0.3, 0.4) is 0 Å². The Bertz CT molecular complexity index is 598. The standard InChI is InChI=1S/C14H19N3O/c1-9-13(11(3)18)12-7-6-8-15-17(12)14(9)10(2)16(4)5/h6-8,10H,1-5H3. The number of Topliss-reactive ketones (excluding diaryl/α,β-unsaturated/α-hetero) is 1. The molecule has 0 saturated carbocycles. The predicted octanol–water partition coefficient (Wildman–Crippen LogP) is 2.47. The van der Waals surface area contributed by atoms with Gasteiger partial charge in [0.2, 0.25) is 0 Å². The van der Waals surface area contributed by atoms with E-state index < -0.39 is 0 Å². The van der Waals surface area contributed by atoms with Crippen molar-refractivity contribution < 1.29 is 4.79 Å². The quantitative estimate of drug-likeness (QED) is 0.780. The average Bonchev–Trinajstić information content (AvgIpc) is 2.60. The van der Waals surface area contributed by atoms with Crippen LogP contribution in [0.4, 0.5) is 0 Å². The van der Waals surface area contributed by atoms with E-state index in [1.807, 2.05) is 37.7 Å². The largest absolute Gasteiger partial charge is 0.301 e. The van der Waals surface area contributed by atoms with Crippen LogP contribution in [0.1, 0.15) is 41.5 Å². The zero-order valence-electron chi connectivity index (χ0n) is 11.6. The van der Waals surface area contributed by atoms with Crippen LogP contribution in [0.2, 0.25) is 0 Å². The minimum absolute atomic E-state index is 0.0928. The lowest BCUT2D eigenvalue weighted by atomic mass is 10.0. The van der Waals surface area contributed by atoms with Crippen molar-refractivity contribution in [1.29, 1.82) is 0 Å². The minimum atomic E-state index is 0.0928. The molecule has 2 heterocycles. The maximum Gasteiger partial charge on any atom is 0.162 e. The van der Waals surface area contributed by atoms with Crippen LogP contribution in [-0.2, 0) is 0 Å². The SMILES string of the molecule is CC(=O)c1c(C)c(C(C)N(C)C)n2ncccc12. The summed E-state index contributed by atoms with van der Waals surface area (Å²) in [4.78, 5) is 13.9. The highest BCUT2D eigenvalue weighted by Crippen LogP contribution is 2.29. The molecule has 2 aromatic heterocycles. The van der Waals surface area contributed by atoms with Gasteiger partial charge >= 0.3 is 0 Å². The number of aromatic nitrogens is 2. The van der Waals surface area contributed by atoms with Gasteiger partial charge in [-0.05, 0) is 52.6 Å². The van der Waals surface area contributed by atoms with E-state index in [4.69, 9.17) is 0 Å². The number of nitrogens with zero attached hydrogens (tertiary/aromatic N) is 3. The van der Waals surface area contributed by atoms with Crippen LogP contribution in [0, 0.1) is 6.92 Å². The van der Waals surface area contributed by atoms with Crippen LogP contribution in [0.15, 0.2) is 18.3 Å². The van der Waals surface area contributed by atoms with Crippen LogP contribution < -0.4 is 0 Å². The Kier molecular flexibility index (Phi) is 3.22. The highest BCUT2D eigenvalue weighted by molar-refractivity contribution is 6.02. The van der Waals surface area contributed by atoms with E-state index in [0.29, 0.717) is 0 Å². The molecule has 18 heavy (non-hydrogen) atoms. The second kappa shape index (κ2) is 4.53. The first-order valence-corrected chi connectivity index (χ1v) is 6.08. The molecule has 0 spiro atoms. The third-order valence-corrected chi connectivity index (χ3v) is 3.52. The molecule has 0 fully saturated rings. The number of fused-ring (bicyclic) bond motifs is 1. The van der Waals surface area contributed by atoms with Gasteiger partial charge in [-0.25, -0.2) is 4.52 Å². The zero-order chi connectivity index (χ0) is 13.4.